The van der Waals surface area contributed by atoms with E-state index in [1.807, 2.05) is 35.2 Å². The molecule has 0 aliphatic carbocycles. The summed E-state index contributed by atoms with van der Waals surface area (Å²) in [4.78, 5) is 17.4. The molecule has 25 heavy (non-hydrogen) atoms. The monoisotopic (exact) mass is 344 g/mol. The van der Waals surface area contributed by atoms with E-state index < -0.39 is 0 Å². The van der Waals surface area contributed by atoms with Crippen molar-refractivity contribution in [1.29, 1.82) is 0 Å². The second kappa shape index (κ2) is 9.23. The van der Waals surface area contributed by atoms with Crippen LogP contribution in [-0.4, -0.2) is 47.6 Å². The number of para-hydroxylation sites is 1. The first-order chi connectivity index (χ1) is 12.3. The molecule has 0 radical (unpaired) electrons. The normalized spacial score (nSPS) is 24.9. The van der Waals surface area contributed by atoms with Crippen LogP contribution in [0.3, 0.4) is 0 Å². The van der Waals surface area contributed by atoms with Crippen LogP contribution in [0.5, 0.6) is 5.75 Å². The third-order valence-electron chi connectivity index (χ3n) is 5.67. The van der Waals surface area contributed by atoms with Crippen LogP contribution in [0.1, 0.15) is 58.3 Å². The van der Waals surface area contributed by atoms with E-state index in [1.54, 1.807) is 0 Å². The molecule has 1 aromatic rings. The van der Waals surface area contributed by atoms with Crippen molar-refractivity contribution in [1.82, 2.24) is 9.80 Å². The van der Waals surface area contributed by atoms with Crippen molar-refractivity contribution in [3.05, 3.63) is 30.3 Å². The molecule has 138 valence electrons. The van der Waals surface area contributed by atoms with Crippen molar-refractivity contribution in [2.45, 2.75) is 70.4 Å². The average Bonchev–Trinajstić information content (AvgIpc) is 2.67. The zero-order valence-electron chi connectivity index (χ0n) is 15.5. The summed E-state index contributed by atoms with van der Waals surface area (Å²) >= 11 is 0. The fourth-order valence-corrected chi connectivity index (χ4v) is 4.25. The van der Waals surface area contributed by atoms with Gasteiger partial charge in [0.25, 0.3) is 0 Å². The standard InChI is InChI=1S/C21H32N2O2/c1-2-3-10-19-17-18(22-14-8-5-9-15-22)13-16-23(19)21(24)25-20-11-6-4-7-12-20/h4,6-7,11-12,18-19H,2-3,5,8-10,13-17H2,1H3. The van der Waals surface area contributed by atoms with Gasteiger partial charge in [-0.05, 0) is 57.3 Å². The van der Waals surface area contributed by atoms with Gasteiger partial charge in [-0.1, -0.05) is 44.4 Å². The van der Waals surface area contributed by atoms with Crippen LogP contribution in [0.4, 0.5) is 4.79 Å². The number of hydrogen-bond donors (Lipinski definition) is 0. The smallest absolute Gasteiger partial charge is 0.410 e. The molecule has 1 aromatic carbocycles. The van der Waals surface area contributed by atoms with Crippen LogP contribution < -0.4 is 4.74 Å². The molecule has 4 nitrogen and oxygen atoms in total. The van der Waals surface area contributed by atoms with E-state index in [4.69, 9.17) is 4.74 Å². The van der Waals surface area contributed by atoms with Gasteiger partial charge in [-0.15, -0.1) is 0 Å². The van der Waals surface area contributed by atoms with Gasteiger partial charge in [-0.25, -0.2) is 4.79 Å². The second-order valence-corrected chi connectivity index (χ2v) is 7.45. The predicted octanol–water partition coefficient (Wildman–Crippen LogP) is 4.69. The van der Waals surface area contributed by atoms with Gasteiger partial charge in [0.1, 0.15) is 5.75 Å². The van der Waals surface area contributed by atoms with Crippen LogP contribution in [-0.2, 0) is 0 Å². The first-order valence-electron chi connectivity index (χ1n) is 10.1. The Morgan fingerprint density at radius 3 is 2.60 bits per heavy atom. The Morgan fingerprint density at radius 2 is 1.88 bits per heavy atom. The summed E-state index contributed by atoms with van der Waals surface area (Å²) in [6, 6.07) is 10.4. The first kappa shape index (κ1) is 18.2. The summed E-state index contributed by atoms with van der Waals surface area (Å²) in [5, 5.41) is 0. The highest BCUT2D eigenvalue weighted by molar-refractivity contribution is 5.71. The molecule has 2 heterocycles. The molecule has 2 aliphatic heterocycles. The maximum Gasteiger partial charge on any atom is 0.415 e. The maximum absolute atomic E-state index is 12.7. The zero-order valence-corrected chi connectivity index (χ0v) is 15.5. The van der Waals surface area contributed by atoms with Crippen molar-refractivity contribution in [3.63, 3.8) is 0 Å². The van der Waals surface area contributed by atoms with Gasteiger partial charge in [0.05, 0.1) is 0 Å². The molecule has 1 amide bonds. The van der Waals surface area contributed by atoms with Gasteiger partial charge in [0.2, 0.25) is 0 Å². The molecule has 0 aromatic heterocycles. The van der Waals surface area contributed by atoms with Crippen molar-refractivity contribution in [3.8, 4) is 5.75 Å². The summed E-state index contributed by atoms with van der Waals surface area (Å²) in [6.07, 6.45) is 9.47. The van der Waals surface area contributed by atoms with Crippen molar-refractivity contribution in [2.24, 2.45) is 0 Å². The number of rotatable bonds is 5. The lowest BCUT2D eigenvalue weighted by Gasteiger charge is -2.44. The lowest BCUT2D eigenvalue weighted by molar-refractivity contribution is 0.0532. The molecule has 2 unspecified atom stereocenters. The molecule has 0 N–H and O–H groups in total. The zero-order chi connectivity index (χ0) is 17.5. The largest absolute Gasteiger partial charge is 0.415 e. The lowest BCUT2D eigenvalue weighted by atomic mass is 9.91. The number of carbonyl (C=O) groups excluding carboxylic acids is 1. The molecule has 2 fully saturated rings. The van der Waals surface area contributed by atoms with Crippen LogP contribution in [0.25, 0.3) is 0 Å². The third kappa shape index (κ3) is 4.97. The van der Waals surface area contributed by atoms with Crippen molar-refractivity contribution >= 4 is 6.09 Å². The molecular formula is C21H32N2O2. The molecule has 3 rings (SSSR count). The topological polar surface area (TPSA) is 32.8 Å². The van der Waals surface area contributed by atoms with Crippen molar-refractivity contribution in [2.75, 3.05) is 19.6 Å². The highest BCUT2D eigenvalue weighted by atomic mass is 16.6. The minimum absolute atomic E-state index is 0.176. The Kier molecular flexibility index (Phi) is 6.74. The molecule has 0 spiro atoms. The lowest BCUT2D eigenvalue weighted by Crippen LogP contribution is -2.53. The summed E-state index contributed by atoms with van der Waals surface area (Å²) in [5.74, 6) is 0.639. The quantitative estimate of drug-likeness (QED) is 0.776. The van der Waals surface area contributed by atoms with E-state index >= 15 is 0 Å². The maximum atomic E-state index is 12.7. The molecule has 0 bridgehead atoms. The van der Waals surface area contributed by atoms with Gasteiger partial charge in [-0.3, -0.25) is 0 Å². The Bertz CT molecular complexity index is 528. The average molecular weight is 344 g/mol. The number of likely N-dealkylation sites (tertiary alicyclic amines) is 2. The minimum Gasteiger partial charge on any atom is -0.410 e. The van der Waals surface area contributed by atoms with E-state index in [2.05, 4.69) is 11.8 Å². The summed E-state index contributed by atoms with van der Waals surface area (Å²) in [5.41, 5.74) is 0. The van der Waals surface area contributed by atoms with E-state index in [0.29, 0.717) is 17.8 Å². The van der Waals surface area contributed by atoms with E-state index in [1.165, 1.54) is 45.2 Å². The van der Waals surface area contributed by atoms with Crippen LogP contribution >= 0.6 is 0 Å². The molecular weight excluding hydrogens is 312 g/mol. The molecule has 2 aliphatic rings. The van der Waals surface area contributed by atoms with Crippen molar-refractivity contribution < 1.29 is 9.53 Å². The van der Waals surface area contributed by atoms with Gasteiger partial charge in [0, 0.05) is 18.6 Å². The number of hydrogen-bond acceptors (Lipinski definition) is 3. The highest BCUT2D eigenvalue weighted by Gasteiger charge is 2.35. The van der Waals surface area contributed by atoms with Crippen LogP contribution in [0.15, 0.2) is 30.3 Å². The fourth-order valence-electron chi connectivity index (χ4n) is 4.25. The molecule has 0 saturated carbocycles. The van der Waals surface area contributed by atoms with Gasteiger partial charge >= 0.3 is 6.09 Å². The number of benzene rings is 1. The minimum atomic E-state index is -0.176. The van der Waals surface area contributed by atoms with Crippen LogP contribution in [0.2, 0.25) is 0 Å². The molecule has 4 heteroatoms. The number of amides is 1. The summed E-state index contributed by atoms with van der Waals surface area (Å²) in [6.45, 7) is 5.51. The second-order valence-electron chi connectivity index (χ2n) is 7.45. The predicted molar refractivity (Wildman–Crippen MR) is 101 cm³/mol. The first-order valence-corrected chi connectivity index (χ1v) is 10.1. The summed E-state index contributed by atoms with van der Waals surface area (Å²) in [7, 11) is 0. The number of nitrogens with zero attached hydrogens (tertiary/aromatic N) is 2. The number of piperidine rings is 2. The SMILES string of the molecule is CCCCC1CC(N2CCCCC2)CCN1C(=O)Oc1ccccc1. The van der Waals surface area contributed by atoms with Gasteiger partial charge in [-0.2, -0.15) is 0 Å². The van der Waals surface area contributed by atoms with Gasteiger partial charge < -0.3 is 14.5 Å². The fraction of sp³-hybridized carbons (Fsp3) is 0.667. The number of unbranched alkanes of at least 4 members (excludes halogenated alkanes) is 1. The summed E-state index contributed by atoms with van der Waals surface area (Å²) < 4.78 is 5.62. The number of carbonyl (C=O) groups is 1. The van der Waals surface area contributed by atoms with Gasteiger partial charge in [0.15, 0.2) is 0 Å². The Hall–Kier alpha value is -1.55. The third-order valence-corrected chi connectivity index (χ3v) is 5.67. The Morgan fingerprint density at radius 1 is 1.12 bits per heavy atom. The Labute approximate surface area is 152 Å². The number of ether oxygens (including phenoxy) is 1. The Balaban J connectivity index is 1.62. The van der Waals surface area contributed by atoms with Crippen LogP contribution in [0, 0.1) is 0 Å². The molecule has 2 atom stereocenters. The van der Waals surface area contributed by atoms with E-state index in [9.17, 15) is 4.79 Å². The molecule has 2 saturated heterocycles. The highest BCUT2D eigenvalue weighted by Crippen LogP contribution is 2.28. The van der Waals surface area contributed by atoms with E-state index in [-0.39, 0.29) is 6.09 Å². The van der Waals surface area contributed by atoms with E-state index in [0.717, 1.165) is 25.8 Å².